The summed E-state index contributed by atoms with van der Waals surface area (Å²) in [6.45, 7) is 7.58. The Kier molecular flexibility index (Phi) is 5.69. The summed E-state index contributed by atoms with van der Waals surface area (Å²) >= 11 is 0. The summed E-state index contributed by atoms with van der Waals surface area (Å²) in [6.07, 6.45) is 3.37. The van der Waals surface area contributed by atoms with E-state index in [0.717, 1.165) is 25.9 Å². The van der Waals surface area contributed by atoms with Crippen molar-refractivity contribution in [1.29, 1.82) is 0 Å². The molecule has 2 aliphatic rings. The van der Waals surface area contributed by atoms with Crippen LogP contribution in [0.2, 0.25) is 0 Å². The van der Waals surface area contributed by atoms with Crippen LogP contribution in [0.3, 0.4) is 0 Å². The van der Waals surface area contributed by atoms with Crippen LogP contribution in [0.25, 0.3) is 0 Å². The number of aryl methyl sites for hydroxylation is 2. The molecule has 146 valence electrons. The van der Waals surface area contributed by atoms with Crippen LogP contribution in [0.5, 0.6) is 0 Å². The summed E-state index contributed by atoms with van der Waals surface area (Å²) in [6, 6.07) is 0. The van der Waals surface area contributed by atoms with Crippen molar-refractivity contribution in [3.8, 4) is 0 Å². The van der Waals surface area contributed by atoms with Crippen LogP contribution in [0.4, 0.5) is 0 Å². The van der Waals surface area contributed by atoms with Crippen LogP contribution in [0, 0.1) is 13.8 Å². The second kappa shape index (κ2) is 7.66. The maximum absolute atomic E-state index is 13.0. The minimum Gasteiger partial charge on any atom is -0.342 e. The average molecular weight is 384 g/mol. The fraction of sp³-hybridized carbons (Fsp3) is 0.765. The standard InChI is InChI=1S/C17H29N5O3S/c1-14-17(15(2)19(3)18-14)26(24,25)22-11-9-20(10-12-22)13-16(23)21-7-5-4-6-8-21/h4-13H2,1-3H3. The molecule has 0 aromatic carbocycles. The van der Waals surface area contributed by atoms with Crippen LogP contribution in [0.1, 0.15) is 30.7 Å². The third-order valence-corrected chi connectivity index (χ3v) is 7.59. The smallest absolute Gasteiger partial charge is 0.246 e. The number of amides is 1. The Morgan fingerprint density at radius 2 is 1.62 bits per heavy atom. The molecule has 1 aromatic heterocycles. The summed E-state index contributed by atoms with van der Waals surface area (Å²) in [5.74, 6) is 0.167. The Morgan fingerprint density at radius 1 is 1.00 bits per heavy atom. The highest BCUT2D eigenvalue weighted by atomic mass is 32.2. The summed E-state index contributed by atoms with van der Waals surface area (Å²) in [5, 5.41) is 4.23. The highest BCUT2D eigenvalue weighted by Gasteiger charge is 2.33. The summed E-state index contributed by atoms with van der Waals surface area (Å²) < 4.78 is 29.1. The molecule has 26 heavy (non-hydrogen) atoms. The van der Waals surface area contributed by atoms with E-state index < -0.39 is 10.0 Å². The molecular weight excluding hydrogens is 354 g/mol. The third kappa shape index (κ3) is 3.79. The van der Waals surface area contributed by atoms with Crippen LogP contribution in [0.15, 0.2) is 4.90 Å². The number of carbonyl (C=O) groups excluding carboxylic acids is 1. The lowest BCUT2D eigenvalue weighted by molar-refractivity contribution is -0.133. The van der Waals surface area contributed by atoms with Crippen molar-refractivity contribution in [2.24, 2.45) is 7.05 Å². The van der Waals surface area contributed by atoms with Gasteiger partial charge in [0.05, 0.1) is 17.9 Å². The van der Waals surface area contributed by atoms with Crippen molar-refractivity contribution >= 4 is 15.9 Å². The van der Waals surface area contributed by atoms with Gasteiger partial charge in [-0.2, -0.15) is 9.40 Å². The Hall–Kier alpha value is -1.45. The molecule has 2 aliphatic heterocycles. The van der Waals surface area contributed by atoms with E-state index in [2.05, 4.69) is 10.00 Å². The average Bonchev–Trinajstić information content (AvgIpc) is 2.88. The Labute approximate surface area is 155 Å². The number of rotatable bonds is 4. The molecule has 3 heterocycles. The van der Waals surface area contributed by atoms with E-state index in [9.17, 15) is 13.2 Å². The number of likely N-dealkylation sites (tertiary alicyclic amines) is 1. The molecule has 0 atom stereocenters. The second-order valence-corrected chi connectivity index (χ2v) is 9.12. The number of nitrogens with zero attached hydrogens (tertiary/aromatic N) is 5. The minimum atomic E-state index is -3.55. The molecule has 0 unspecified atom stereocenters. The number of aromatic nitrogens is 2. The maximum atomic E-state index is 13.0. The maximum Gasteiger partial charge on any atom is 0.246 e. The number of sulfonamides is 1. The lowest BCUT2D eigenvalue weighted by atomic mass is 10.1. The topological polar surface area (TPSA) is 78.8 Å². The fourth-order valence-electron chi connectivity index (χ4n) is 3.82. The normalized spacial score (nSPS) is 20.5. The van der Waals surface area contributed by atoms with E-state index in [4.69, 9.17) is 0 Å². The summed E-state index contributed by atoms with van der Waals surface area (Å²) in [5.41, 5.74) is 1.19. The Bertz CT molecular complexity index is 760. The molecule has 1 aromatic rings. The van der Waals surface area contributed by atoms with Gasteiger partial charge in [-0.15, -0.1) is 0 Å². The number of piperazine rings is 1. The third-order valence-electron chi connectivity index (χ3n) is 5.44. The molecule has 0 bridgehead atoms. The quantitative estimate of drug-likeness (QED) is 0.750. The first-order valence-corrected chi connectivity index (χ1v) is 10.7. The highest BCUT2D eigenvalue weighted by Crippen LogP contribution is 2.24. The number of hydrogen-bond acceptors (Lipinski definition) is 5. The SMILES string of the molecule is Cc1nn(C)c(C)c1S(=O)(=O)N1CCN(CC(=O)N2CCCCC2)CC1. The molecule has 0 spiro atoms. The number of hydrogen-bond donors (Lipinski definition) is 0. The van der Waals surface area contributed by atoms with Crippen molar-refractivity contribution in [1.82, 2.24) is 23.9 Å². The number of carbonyl (C=O) groups is 1. The largest absolute Gasteiger partial charge is 0.342 e. The molecule has 8 nitrogen and oxygen atoms in total. The van der Waals surface area contributed by atoms with Crippen molar-refractivity contribution in [3.05, 3.63) is 11.4 Å². The zero-order chi connectivity index (χ0) is 18.9. The zero-order valence-electron chi connectivity index (χ0n) is 15.9. The monoisotopic (exact) mass is 383 g/mol. The van der Waals surface area contributed by atoms with Gasteiger partial charge in [0, 0.05) is 46.3 Å². The Morgan fingerprint density at radius 3 is 2.15 bits per heavy atom. The van der Waals surface area contributed by atoms with Gasteiger partial charge in [0.15, 0.2) is 0 Å². The van der Waals surface area contributed by atoms with Crippen LogP contribution in [-0.4, -0.2) is 84.0 Å². The van der Waals surface area contributed by atoms with Gasteiger partial charge < -0.3 is 4.90 Å². The summed E-state index contributed by atoms with van der Waals surface area (Å²) in [4.78, 5) is 16.7. The first kappa shape index (κ1) is 19.3. The predicted octanol–water partition coefficient (Wildman–Crippen LogP) is 0.356. The molecule has 2 saturated heterocycles. The minimum absolute atomic E-state index is 0.167. The first-order chi connectivity index (χ1) is 12.3. The van der Waals surface area contributed by atoms with Gasteiger partial charge >= 0.3 is 0 Å². The van der Waals surface area contributed by atoms with Crippen molar-refractivity contribution in [2.45, 2.75) is 38.0 Å². The molecule has 0 radical (unpaired) electrons. The van der Waals surface area contributed by atoms with Gasteiger partial charge in [0.1, 0.15) is 4.90 Å². The Balaban J connectivity index is 1.60. The predicted molar refractivity (Wildman–Crippen MR) is 98.3 cm³/mol. The van der Waals surface area contributed by atoms with Gasteiger partial charge in [-0.1, -0.05) is 0 Å². The highest BCUT2D eigenvalue weighted by molar-refractivity contribution is 7.89. The van der Waals surface area contributed by atoms with Gasteiger partial charge in [-0.25, -0.2) is 8.42 Å². The van der Waals surface area contributed by atoms with Gasteiger partial charge in [0.2, 0.25) is 15.9 Å². The van der Waals surface area contributed by atoms with E-state index in [0.29, 0.717) is 49.0 Å². The van der Waals surface area contributed by atoms with Crippen molar-refractivity contribution in [3.63, 3.8) is 0 Å². The molecule has 0 saturated carbocycles. The fourth-order valence-corrected chi connectivity index (χ4v) is 5.64. The molecule has 1 amide bonds. The first-order valence-electron chi connectivity index (χ1n) is 9.31. The molecule has 3 rings (SSSR count). The lowest BCUT2D eigenvalue weighted by Gasteiger charge is -2.35. The number of piperidine rings is 1. The zero-order valence-corrected chi connectivity index (χ0v) is 16.8. The van der Waals surface area contributed by atoms with Gasteiger partial charge in [0.25, 0.3) is 0 Å². The van der Waals surface area contributed by atoms with E-state index >= 15 is 0 Å². The molecule has 0 N–H and O–H groups in total. The van der Waals surface area contributed by atoms with E-state index in [1.807, 2.05) is 4.90 Å². The molecule has 2 fully saturated rings. The van der Waals surface area contributed by atoms with Gasteiger partial charge in [-0.05, 0) is 33.1 Å². The van der Waals surface area contributed by atoms with Crippen LogP contribution in [-0.2, 0) is 21.9 Å². The lowest BCUT2D eigenvalue weighted by Crippen LogP contribution is -2.52. The van der Waals surface area contributed by atoms with Gasteiger partial charge in [-0.3, -0.25) is 14.4 Å². The molecule has 0 aliphatic carbocycles. The second-order valence-electron chi connectivity index (χ2n) is 7.25. The van der Waals surface area contributed by atoms with E-state index in [1.54, 1.807) is 25.6 Å². The van der Waals surface area contributed by atoms with Crippen molar-refractivity contribution in [2.75, 3.05) is 45.8 Å². The molecular formula is C17H29N5O3S. The van der Waals surface area contributed by atoms with Crippen molar-refractivity contribution < 1.29 is 13.2 Å². The molecule has 9 heteroatoms. The van der Waals surface area contributed by atoms with Crippen LogP contribution < -0.4 is 0 Å². The van der Waals surface area contributed by atoms with E-state index in [1.165, 1.54) is 10.7 Å². The van der Waals surface area contributed by atoms with Crippen LogP contribution >= 0.6 is 0 Å². The van der Waals surface area contributed by atoms with E-state index in [-0.39, 0.29) is 5.91 Å². The summed E-state index contributed by atoms with van der Waals surface area (Å²) in [7, 11) is -1.79.